The van der Waals surface area contributed by atoms with Gasteiger partial charge in [-0.1, -0.05) is 98.1 Å². The van der Waals surface area contributed by atoms with Crippen LogP contribution in [-0.2, 0) is 0 Å². The molecule has 0 radical (unpaired) electrons. The van der Waals surface area contributed by atoms with Gasteiger partial charge in [-0.15, -0.1) is 0 Å². The molecule has 5 aromatic rings. The number of hydrogen-bond donors (Lipinski definition) is 1. The zero-order valence-electron chi connectivity index (χ0n) is 20.4. The van der Waals surface area contributed by atoms with Gasteiger partial charge in [-0.3, -0.25) is 9.59 Å². The summed E-state index contributed by atoms with van der Waals surface area (Å²) < 4.78 is 1.78. The second kappa shape index (κ2) is 10.6. The first-order chi connectivity index (χ1) is 18.9. The van der Waals surface area contributed by atoms with Crippen LogP contribution in [0.4, 0.5) is 0 Å². The van der Waals surface area contributed by atoms with E-state index in [9.17, 15) is 9.59 Å². The number of nitrogens with one attached hydrogen (secondary N) is 1. The molecule has 1 amide bonds. The summed E-state index contributed by atoms with van der Waals surface area (Å²) in [7, 11) is 0. The quantitative estimate of drug-likeness (QED) is 0.210. The molecule has 1 N–H and O–H groups in total. The number of pyridine rings is 1. The van der Waals surface area contributed by atoms with E-state index < -0.39 is 6.04 Å². The van der Waals surface area contributed by atoms with Gasteiger partial charge in [-0.05, 0) is 53.6 Å². The van der Waals surface area contributed by atoms with Gasteiger partial charge in [0.2, 0.25) is 0 Å². The van der Waals surface area contributed by atoms with E-state index in [0.29, 0.717) is 28.3 Å². The van der Waals surface area contributed by atoms with Crippen LogP contribution < -0.4 is 5.56 Å². The number of aromatic nitrogens is 1. The molecule has 1 aromatic heterocycles. The molecular formula is C31H20Br2ClN3O2. The van der Waals surface area contributed by atoms with Crippen molar-refractivity contribution in [2.75, 3.05) is 0 Å². The molecule has 0 spiro atoms. The van der Waals surface area contributed by atoms with Gasteiger partial charge < -0.3 is 4.98 Å². The first-order valence-electron chi connectivity index (χ1n) is 12.2. The molecule has 0 fully saturated rings. The van der Waals surface area contributed by atoms with Crippen molar-refractivity contribution in [3.05, 3.63) is 138 Å². The van der Waals surface area contributed by atoms with Gasteiger partial charge in [0.15, 0.2) is 0 Å². The highest BCUT2D eigenvalue weighted by molar-refractivity contribution is 9.10. The predicted octanol–water partition coefficient (Wildman–Crippen LogP) is 8.37. The summed E-state index contributed by atoms with van der Waals surface area (Å²) in [6.45, 7) is 0. The third kappa shape index (κ3) is 4.86. The van der Waals surface area contributed by atoms with Gasteiger partial charge >= 0.3 is 0 Å². The minimum atomic E-state index is -0.428. The Morgan fingerprint density at radius 1 is 0.872 bits per heavy atom. The molecular weight excluding hydrogens is 642 g/mol. The van der Waals surface area contributed by atoms with E-state index in [1.54, 1.807) is 24.3 Å². The first kappa shape index (κ1) is 25.7. The zero-order chi connectivity index (χ0) is 27.1. The molecule has 1 unspecified atom stereocenters. The summed E-state index contributed by atoms with van der Waals surface area (Å²) in [5.74, 6) is -0.332. The second-order valence-corrected chi connectivity index (χ2v) is 11.4. The molecule has 1 atom stereocenters. The Balaban J connectivity index is 1.59. The van der Waals surface area contributed by atoms with E-state index in [0.717, 1.165) is 36.5 Å². The van der Waals surface area contributed by atoms with Gasteiger partial charge in [-0.25, -0.2) is 5.01 Å². The molecule has 0 saturated carbocycles. The minimum Gasteiger partial charge on any atom is -0.321 e. The Labute approximate surface area is 246 Å². The molecule has 6 rings (SSSR count). The summed E-state index contributed by atoms with van der Waals surface area (Å²) in [6, 6.07) is 29.8. The minimum absolute atomic E-state index is 0.262. The Morgan fingerprint density at radius 2 is 1.62 bits per heavy atom. The van der Waals surface area contributed by atoms with E-state index >= 15 is 0 Å². The number of hydrogen-bond acceptors (Lipinski definition) is 3. The van der Waals surface area contributed by atoms with Crippen molar-refractivity contribution in [1.82, 2.24) is 9.99 Å². The van der Waals surface area contributed by atoms with Crippen molar-refractivity contribution in [3.8, 4) is 11.1 Å². The highest BCUT2D eigenvalue weighted by Gasteiger charge is 2.36. The molecule has 2 heterocycles. The number of fused-ring (bicyclic) bond motifs is 1. The van der Waals surface area contributed by atoms with E-state index in [4.69, 9.17) is 16.7 Å². The molecule has 192 valence electrons. The molecule has 39 heavy (non-hydrogen) atoms. The molecule has 1 aliphatic rings. The SMILES string of the molecule is O=C(c1ccccc1Cl)N1N=C(c2c(-c3ccccc3)c3cc(Br)ccc3[nH]c2=O)CC1c1cccc(Br)c1. The average molecular weight is 662 g/mol. The fraction of sp³-hybridized carbons (Fsp3) is 0.0645. The maximum atomic E-state index is 13.8. The van der Waals surface area contributed by atoms with Crippen LogP contribution >= 0.6 is 43.5 Å². The Kier molecular flexibility index (Phi) is 6.97. The number of amides is 1. The highest BCUT2D eigenvalue weighted by atomic mass is 79.9. The van der Waals surface area contributed by atoms with E-state index in [1.165, 1.54) is 5.01 Å². The molecule has 0 saturated heterocycles. The van der Waals surface area contributed by atoms with Crippen LogP contribution in [0.5, 0.6) is 0 Å². The number of benzene rings is 4. The third-order valence-electron chi connectivity index (χ3n) is 6.78. The van der Waals surface area contributed by atoms with E-state index in [-0.39, 0.29) is 11.5 Å². The summed E-state index contributed by atoms with van der Waals surface area (Å²) >= 11 is 13.5. The van der Waals surface area contributed by atoms with Gasteiger partial charge in [-0.2, -0.15) is 5.10 Å². The molecule has 8 heteroatoms. The fourth-order valence-corrected chi connectivity index (χ4v) is 6.02. The zero-order valence-corrected chi connectivity index (χ0v) is 24.3. The topological polar surface area (TPSA) is 65.5 Å². The lowest BCUT2D eigenvalue weighted by Gasteiger charge is -2.22. The van der Waals surface area contributed by atoms with Crippen LogP contribution in [0.1, 0.15) is 33.9 Å². The van der Waals surface area contributed by atoms with Crippen molar-refractivity contribution in [3.63, 3.8) is 0 Å². The Morgan fingerprint density at radius 3 is 2.38 bits per heavy atom. The maximum absolute atomic E-state index is 13.8. The van der Waals surface area contributed by atoms with E-state index in [1.807, 2.05) is 72.8 Å². The lowest BCUT2D eigenvalue weighted by Crippen LogP contribution is -2.27. The van der Waals surface area contributed by atoms with Crippen LogP contribution in [-0.4, -0.2) is 21.6 Å². The first-order valence-corrected chi connectivity index (χ1v) is 14.2. The number of halogens is 3. The van der Waals surface area contributed by atoms with Crippen LogP contribution in [0.3, 0.4) is 0 Å². The van der Waals surface area contributed by atoms with Gasteiger partial charge in [0.25, 0.3) is 11.5 Å². The molecule has 5 nitrogen and oxygen atoms in total. The number of carbonyl (C=O) groups excluding carboxylic acids is 1. The highest BCUT2D eigenvalue weighted by Crippen LogP contribution is 2.39. The largest absolute Gasteiger partial charge is 0.321 e. The van der Waals surface area contributed by atoms with Gasteiger partial charge in [0.1, 0.15) is 0 Å². The van der Waals surface area contributed by atoms with Crippen molar-refractivity contribution < 1.29 is 4.79 Å². The molecule has 1 aliphatic heterocycles. The normalized spacial score (nSPS) is 15.0. The van der Waals surface area contributed by atoms with Gasteiger partial charge in [0.05, 0.1) is 27.9 Å². The van der Waals surface area contributed by atoms with E-state index in [2.05, 4.69) is 36.8 Å². The standard InChI is InChI=1S/C31H20Br2ClN3O2/c32-20-10-6-9-19(15-20)27-17-26(36-37(27)31(39)22-11-4-5-12-24(22)34)29-28(18-7-2-1-3-8-18)23-16-21(33)13-14-25(23)35-30(29)38/h1-16,27H,17H2,(H,35,38). The summed E-state index contributed by atoms with van der Waals surface area (Å²) in [4.78, 5) is 30.6. The van der Waals surface area contributed by atoms with Crippen LogP contribution in [0.25, 0.3) is 22.0 Å². The molecule has 4 aromatic carbocycles. The van der Waals surface area contributed by atoms with Crippen molar-refractivity contribution in [2.45, 2.75) is 12.5 Å². The molecule has 0 bridgehead atoms. The van der Waals surface area contributed by atoms with Crippen molar-refractivity contribution in [1.29, 1.82) is 0 Å². The number of rotatable bonds is 4. The van der Waals surface area contributed by atoms with Crippen molar-refractivity contribution >= 4 is 66.0 Å². The second-order valence-electron chi connectivity index (χ2n) is 9.21. The lowest BCUT2D eigenvalue weighted by atomic mass is 9.91. The monoisotopic (exact) mass is 659 g/mol. The Bertz CT molecular complexity index is 1840. The number of hydrazone groups is 1. The van der Waals surface area contributed by atoms with Crippen LogP contribution in [0.2, 0.25) is 5.02 Å². The number of aromatic amines is 1. The summed E-state index contributed by atoms with van der Waals surface area (Å²) in [5.41, 5.74) is 4.34. The average Bonchev–Trinajstić information content (AvgIpc) is 3.38. The summed E-state index contributed by atoms with van der Waals surface area (Å²) in [6.07, 6.45) is 0.356. The third-order valence-corrected chi connectivity index (χ3v) is 8.10. The van der Waals surface area contributed by atoms with Crippen LogP contribution in [0, 0.1) is 0 Å². The van der Waals surface area contributed by atoms with Crippen molar-refractivity contribution in [2.24, 2.45) is 5.10 Å². The number of carbonyl (C=O) groups is 1. The summed E-state index contributed by atoms with van der Waals surface area (Å²) in [5, 5.41) is 7.51. The van der Waals surface area contributed by atoms with Crippen LogP contribution in [0.15, 0.2) is 116 Å². The smallest absolute Gasteiger partial charge is 0.276 e. The number of H-pyrrole nitrogens is 1. The molecule has 0 aliphatic carbocycles. The number of nitrogens with zero attached hydrogens (tertiary/aromatic N) is 2. The fourth-order valence-electron chi connectivity index (χ4n) is 5.03. The maximum Gasteiger partial charge on any atom is 0.276 e. The lowest BCUT2D eigenvalue weighted by molar-refractivity contribution is 0.0711. The Hall–Kier alpha value is -3.52. The van der Waals surface area contributed by atoms with Gasteiger partial charge in [0, 0.05) is 31.8 Å². The predicted molar refractivity (Wildman–Crippen MR) is 163 cm³/mol.